The van der Waals surface area contributed by atoms with Gasteiger partial charge in [-0.15, -0.1) is 0 Å². The molecule has 0 aromatic heterocycles. The summed E-state index contributed by atoms with van der Waals surface area (Å²) in [6, 6.07) is -0.173. The number of rotatable bonds is 30. The van der Waals surface area contributed by atoms with E-state index in [4.69, 9.17) is 14.2 Å². The third-order valence-electron chi connectivity index (χ3n) is 7.02. The Kier molecular flexibility index (Phi) is 30.0. The molecule has 0 aromatic carbocycles. The molecule has 1 amide bonds. The zero-order valence-corrected chi connectivity index (χ0v) is 26.0. The number of nitrogens with one attached hydrogen (secondary N) is 1. The highest BCUT2D eigenvalue weighted by Crippen LogP contribution is 2.11. The number of likely N-dealkylation sites (N-methyl/N-ethyl adjacent to an activating group) is 1. The normalized spacial score (nSPS) is 11.5. The summed E-state index contributed by atoms with van der Waals surface area (Å²) in [6.45, 7) is 8.05. The standard InChI is InChI=1S/C32H66N2O4/c1-5-7-9-11-13-15-17-19-21-23-26-36-29-31(33-32(35)38-28-25-34(3)4)30-37-27-24-22-20-18-16-14-12-10-8-6-2/h31H,5-30H2,1-4H3,(H,33,35). The number of hydrogen-bond acceptors (Lipinski definition) is 5. The zero-order valence-electron chi connectivity index (χ0n) is 26.0. The minimum Gasteiger partial charge on any atom is -0.448 e. The molecule has 0 fully saturated rings. The van der Waals surface area contributed by atoms with E-state index in [1.165, 1.54) is 116 Å². The predicted molar refractivity (Wildman–Crippen MR) is 162 cm³/mol. The van der Waals surface area contributed by atoms with Crippen molar-refractivity contribution in [3.63, 3.8) is 0 Å². The molecule has 0 saturated heterocycles. The monoisotopic (exact) mass is 543 g/mol. The Morgan fingerprint density at radius 1 is 0.579 bits per heavy atom. The highest BCUT2D eigenvalue weighted by molar-refractivity contribution is 5.67. The van der Waals surface area contributed by atoms with Crippen LogP contribution in [0.25, 0.3) is 0 Å². The number of hydrogen-bond donors (Lipinski definition) is 1. The van der Waals surface area contributed by atoms with Gasteiger partial charge in [0.1, 0.15) is 6.61 Å². The van der Waals surface area contributed by atoms with Crippen molar-refractivity contribution in [2.75, 3.05) is 53.7 Å². The molecule has 228 valence electrons. The van der Waals surface area contributed by atoms with Gasteiger partial charge in [0, 0.05) is 19.8 Å². The van der Waals surface area contributed by atoms with Crippen LogP contribution >= 0.6 is 0 Å². The van der Waals surface area contributed by atoms with Crippen LogP contribution in [0.3, 0.4) is 0 Å². The highest BCUT2D eigenvalue weighted by atomic mass is 16.6. The van der Waals surface area contributed by atoms with Crippen LogP contribution in [0.15, 0.2) is 0 Å². The first-order valence-electron chi connectivity index (χ1n) is 16.3. The Bertz CT molecular complexity index is 448. The van der Waals surface area contributed by atoms with Crippen LogP contribution in [0.5, 0.6) is 0 Å². The summed E-state index contributed by atoms with van der Waals surface area (Å²) in [4.78, 5) is 14.2. The lowest BCUT2D eigenvalue weighted by molar-refractivity contribution is 0.0487. The summed E-state index contributed by atoms with van der Waals surface area (Å²) in [5.74, 6) is 0. The second-order valence-corrected chi connectivity index (χ2v) is 11.3. The maximum Gasteiger partial charge on any atom is 0.407 e. The fourth-order valence-electron chi connectivity index (χ4n) is 4.50. The number of carbonyl (C=O) groups is 1. The second kappa shape index (κ2) is 30.7. The van der Waals surface area contributed by atoms with Gasteiger partial charge in [-0.1, -0.05) is 129 Å². The van der Waals surface area contributed by atoms with Crippen LogP contribution in [0.2, 0.25) is 0 Å². The summed E-state index contributed by atoms with van der Waals surface area (Å²) in [6.07, 6.45) is 25.9. The molecule has 0 radical (unpaired) electrons. The van der Waals surface area contributed by atoms with Crippen molar-refractivity contribution in [2.24, 2.45) is 0 Å². The van der Waals surface area contributed by atoms with Crippen molar-refractivity contribution < 1.29 is 19.0 Å². The number of amides is 1. The van der Waals surface area contributed by atoms with Crippen LogP contribution < -0.4 is 5.32 Å². The van der Waals surface area contributed by atoms with Crippen LogP contribution in [-0.4, -0.2) is 70.7 Å². The van der Waals surface area contributed by atoms with E-state index in [0.29, 0.717) is 26.4 Å². The molecule has 0 atom stereocenters. The Morgan fingerprint density at radius 3 is 1.32 bits per heavy atom. The molecule has 0 spiro atoms. The average Bonchev–Trinajstić information content (AvgIpc) is 2.89. The number of carbonyl (C=O) groups excluding carboxylic acids is 1. The highest BCUT2D eigenvalue weighted by Gasteiger charge is 2.14. The Hall–Kier alpha value is -0.850. The minimum absolute atomic E-state index is 0.173. The summed E-state index contributed by atoms with van der Waals surface area (Å²) in [7, 11) is 3.93. The third kappa shape index (κ3) is 29.7. The summed E-state index contributed by atoms with van der Waals surface area (Å²) < 4.78 is 17.1. The van der Waals surface area contributed by atoms with Gasteiger partial charge in [-0.25, -0.2) is 4.79 Å². The summed E-state index contributed by atoms with van der Waals surface area (Å²) >= 11 is 0. The number of alkyl carbamates (subject to hydrolysis) is 1. The second-order valence-electron chi connectivity index (χ2n) is 11.3. The average molecular weight is 543 g/mol. The van der Waals surface area contributed by atoms with Crippen molar-refractivity contribution in [1.82, 2.24) is 10.2 Å². The molecule has 1 N–H and O–H groups in total. The lowest BCUT2D eigenvalue weighted by Crippen LogP contribution is -2.42. The van der Waals surface area contributed by atoms with Crippen molar-refractivity contribution >= 4 is 6.09 Å². The van der Waals surface area contributed by atoms with Crippen molar-refractivity contribution in [2.45, 2.75) is 148 Å². The van der Waals surface area contributed by atoms with E-state index < -0.39 is 0 Å². The molecule has 0 unspecified atom stereocenters. The van der Waals surface area contributed by atoms with Crippen LogP contribution in [0, 0.1) is 0 Å². The molecule has 0 aromatic rings. The smallest absolute Gasteiger partial charge is 0.407 e. The van der Waals surface area contributed by atoms with Gasteiger partial charge in [0.2, 0.25) is 0 Å². The summed E-state index contributed by atoms with van der Waals surface area (Å²) in [5, 5.41) is 2.94. The van der Waals surface area contributed by atoms with E-state index in [0.717, 1.165) is 26.1 Å². The maximum atomic E-state index is 12.2. The Balaban J connectivity index is 3.94. The number of unbranched alkanes of at least 4 members (excludes halogenated alkanes) is 18. The van der Waals surface area contributed by atoms with E-state index in [9.17, 15) is 4.79 Å². The van der Waals surface area contributed by atoms with Crippen LogP contribution in [0.4, 0.5) is 4.79 Å². The summed E-state index contributed by atoms with van der Waals surface area (Å²) in [5.41, 5.74) is 0. The van der Waals surface area contributed by atoms with Gasteiger partial charge in [-0.3, -0.25) is 0 Å². The molecule has 0 aliphatic carbocycles. The molecule has 0 bridgehead atoms. The molecule has 0 rings (SSSR count). The van der Waals surface area contributed by atoms with Gasteiger partial charge in [-0.05, 0) is 26.9 Å². The van der Waals surface area contributed by atoms with Gasteiger partial charge in [-0.2, -0.15) is 0 Å². The Morgan fingerprint density at radius 2 is 0.947 bits per heavy atom. The van der Waals surface area contributed by atoms with Gasteiger partial charge in [0.05, 0.1) is 19.3 Å². The van der Waals surface area contributed by atoms with E-state index in [1.807, 2.05) is 19.0 Å². The minimum atomic E-state index is -0.387. The fraction of sp³-hybridized carbons (Fsp3) is 0.969. The predicted octanol–water partition coefficient (Wildman–Crippen LogP) is 8.52. The largest absolute Gasteiger partial charge is 0.448 e. The quantitative estimate of drug-likeness (QED) is 0.0922. The van der Waals surface area contributed by atoms with E-state index in [1.54, 1.807) is 0 Å². The number of ether oxygens (including phenoxy) is 3. The molecular weight excluding hydrogens is 476 g/mol. The topological polar surface area (TPSA) is 60.0 Å². The van der Waals surface area contributed by atoms with Gasteiger partial charge in [0.25, 0.3) is 0 Å². The molecule has 0 aliphatic rings. The fourth-order valence-corrected chi connectivity index (χ4v) is 4.50. The van der Waals surface area contributed by atoms with E-state index in [2.05, 4.69) is 19.2 Å². The van der Waals surface area contributed by atoms with Crippen molar-refractivity contribution in [3.05, 3.63) is 0 Å². The molecular formula is C32H66N2O4. The van der Waals surface area contributed by atoms with Crippen LogP contribution in [0.1, 0.15) is 142 Å². The molecule has 0 heterocycles. The lowest BCUT2D eigenvalue weighted by atomic mass is 10.1. The first-order valence-corrected chi connectivity index (χ1v) is 16.3. The van der Waals surface area contributed by atoms with Crippen molar-refractivity contribution in [3.8, 4) is 0 Å². The van der Waals surface area contributed by atoms with Gasteiger partial charge in [0.15, 0.2) is 0 Å². The molecule has 38 heavy (non-hydrogen) atoms. The maximum absolute atomic E-state index is 12.2. The first-order chi connectivity index (χ1) is 18.6. The molecule has 6 nitrogen and oxygen atoms in total. The van der Waals surface area contributed by atoms with Crippen LogP contribution in [-0.2, 0) is 14.2 Å². The first kappa shape index (κ1) is 37.1. The molecule has 6 heteroatoms. The van der Waals surface area contributed by atoms with Gasteiger partial charge >= 0.3 is 6.09 Å². The van der Waals surface area contributed by atoms with Gasteiger partial charge < -0.3 is 24.4 Å². The zero-order chi connectivity index (χ0) is 27.9. The van der Waals surface area contributed by atoms with Crippen molar-refractivity contribution in [1.29, 1.82) is 0 Å². The Labute approximate surface area is 237 Å². The lowest BCUT2D eigenvalue weighted by Gasteiger charge is -2.19. The third-order valence-corrected chi connectivity index (χ3v) is 7.02. The molecule has 0 saturated carbocycles. The SMILES string of the molecule is CCCCCCCCCCCCOCC(COCCCCCCCCCCCC)NC(=O)OCCN(C)C. The molecule has 0 aliphatic heterocycles. The van der Waals surface area contributed by atoms with E-state index >= 15 is 0 Å². The van der Waals surface area contributed by atoms with E-state index in [-0.39, 0.29) is 12.1 Å². The number of nitrogens with zero attached hydrogens (tertiary/aromatic N) is 1.